The number of likely N-dealkylation sites (tertiary alicyclic amines) is 1. The van der Waals surface area contributed by atoms with Crippen LogP contribution in [0.3, 0.4) is 0 Å². The first kappa shape index (κ1) is 28.9. The maximum Gasteiger partial charge on any atom is 0.273 e. The molecule has 3 aliphatic rings. The maximum atomic E-state index is 12.6. The van der Waals surface area contributed by atoms with Crippen molar-refractivity contribution in [2.45, 2.75) is 50.6 Å². The van der Waals surface area contributed by atoms with Gasteiger partial charge in [0.2, 0.25) is 5.91 Å². The van der Waals surface area contributed by atoms with Crippen molar-refractivity contribution in [2.24, 2.45) is 5.92 Å². The largest absolute Gasteiger partial charge is 0.494 e. The van der Waals surface area contributed by atoms with E-state index in [4.69, 9.17) is 14.8 Å². The van der Waals surface area contributed by atoms with Crippen LogP contribution in [0, 0.1) is 5.92 Å². The molecule has 2 amide bonds. The predicted molar refractivity (Wildman–Crippen MR) is 169 cm³/mol. The maximum absolute atomic E-state index is 12.6. The Morgan fingerprint density at radius 3 is 2.58 bits per heavy atom. The standard InChI is InChI=1S/C33H37N9O3/c1-34-33(44)30-28(14-29(39-40-30)38-32(43)21-12-13-21)37-27-11-5-9-25(31(27)45-2)22-15-35-42(16-22)24-18-41(19-24)17-23-8-4-10-26(36-23)20-6-3-7-20/h4-5,8-11,14-16,20-21,24H,3,6-7,12-13,17-19H2,1-2H3,(H,34,44)(H2,37,38,39,43). The summed E-state index contributed by atoms with van der Waals surface area (Å²) >= 11 is 0. The summed E-state index contributed by atoms with van der Waals surface area (Å²) in [4.78, 5) is 32.3. The second-order valence-electron chi connectivity index (χ2n) is 12.1. The Balaban J connectivity index is 1.06. The van der Waals surface area contributed by atoms with Gasteiger partial charge in [0, 0.05) is 67.6 Å². The molecule has 7 rings (SSSR count). The molecule has 0 spiro atoms. The van der Waals surface area contributed by atoms with Crippen LogP contribution in [0.5, 0.6) is 5.75 Å². The minimum atomic E-state index is -0.405. The molecule has 0 radical (unpaired) electrons. The number of benzene rings is 1. The van der Waals surface area contributed by atoms with E-state index in [-0.39, 0.29) is 29.4 Å². The summed E-state index contributed by atoms with van der Waals surface area (Å²) in [6.07, 6.45) is 9.46. The van der Waals surface area contributed by atoms with Gasteiger partial charge in [0.05, 0.1) is 36.4 Å². The lowest BCUT2D eigenvalue weighted by molar-refractivity contribution is -0.117. The molecule has 2 aliphatic carbocycles. The fourth-order valence-electron chi connectivity index (χ4n) is 5.90. The van der Waals surface area contributed by atoms with Crippen LogP contribution >= 0.6 is 0 Å². The quantitative estimate of drug-likeness (QED) is 0.225. The molecule has 4 heterocycles. The van der Waals surface area contributed by atoms with Crippen molar-refractivity contribution in [3.05, 3.63) is 71.9 Å². The first-order valence-electron chi connectivity index (χ1n) is 15.6. The summed E-state index contributed by atoms with van der Waals surface area (Å²) < 4.78 is 7.90. The van der Waals surface area contributed by atoms with E-state index in [2.05, 4.69) is 55.4 Å². The fraction of sp³-hybridized carbons (Fsp3) is 0.394. The Morgan fingerprint density at radius 2 is 1.84 bits per heavy atom. The summed E-state index contributed by atoms with van der Waals surface area (Å²) in [6.45, 7) is 2.67. The summed E-state index contributed by atoms with van der Waals surface area (Å²) in [5.74, 6) is 1.01. The number of rotatable bonds is 11. The van der Waals surface area contributed by atoms with E-state index in [1.807, 2.05) is 29.1 Å². The molecular weight excluding hydrogens is 570 g/mol. The van der Waals surface area contributed by atoms with Crippen LogP contribution in [-0.2, 0) is 11.3 Å². The molecule has 1 saturated heterocycles. The normalized spacial score (nSPS) is 16.8. The monoisotopic (exact) mass is 607 g/mol. The number of amides is 2. The van der Waals surface area contributed by atoms with Crippen molar-refractivity contribution in [3.8, 4) is 16.9 Å². The first-order chi connectivity index (χ1) is 22.0. The van der Waals surface area contributed by atoms with Gasteiger partial charge in [-0.25, -0.2) is 0 Å². The third kappa shape index (κ3) is 6.10. The highest BCUT2D eigenvalue weighted by Gasteiger charge is 2.31. The van der Waals surface area contributed by atoms with Gasteiger partial charge in [0.1, 0.15) is 5.75 Å². The lowest BCUT2D eigenvalue weighted by Gasteiger charge is -2.39. The average Bonchev–Trinajstić information content (AvgIpc) is 3.75. The van der Waals surface area contributed by atoms with Gasteiger partial charge in [-0.1, -0.05) is 24.6 Å². The molecule has 0 bridgehead atoms. The van der Waals surface area contributed by atoms with Crippen LogP contribution < -0.4 is 20.7 Å². The molecule has 12 heteroatoms. The zero-order valence-electron chi connectivity index (χ0n) is 25.5. The molecule has 1 aromatic carbocycles. The van der Waals surface area contributed by atoms with E-state index in [1.165, 1.54) is 32.0 Å². The number of carbonyl (C=O) groups excluding carboxylic acids is 2. The van der Waals surface area contributed by atoms with Crippen LogP contribution in [-0.4, -0.2) is 68.9 Å². The molecule has 45 heavy (non-hydrogen) atoms. The van der Waals surface area contributed by atoms with Crippen molar-refractivity contribution in [1.29, 1.82) is 0 Å². The van der Waals surface area contributed by atoms with Crippen molar-refractivity contribution in [3.63, 3.8) is 0 Å². The summed E-state index contributed by atoms with van der Waals surface area (Å²) in [5.41, 5.74) is 5.27. The molecule has 0 unspecified atom stereocenters. The number of nitrogens with zero attached hydrogens (tertiary/aromatic N) is 6. The van der Waals surface area contributed by atoms with Gasteiger partial charge < -0.3 is 20.7 Å². The first-order valence-corrected chi connectivity index (χ1v) is 15.6. The Hall–Kier alpha value is -4.84. The molecule has 12 nitrogen and oxygen atoms in total. The minimum absolute atomic E-state index is 0.00760. The molecule has 4 aromatic rings. The average molecular weight is 608 g/mol. The zero-order chi connectivity index (χ0) is 30.9. The summed E-state index contributed by atoms with van der Waals surface area (Å²) in [5, 5.41) is 21.5. The number of nitrogens with one attached hydrogen (secondary N) is 3. The number of anilines is 3. The molecule has 3 aromatic heterocycles. The number of hydrogen-bond acceptors (Lipinski definition) is 9. The predicted octanol–water partition coefficient (Wildman–Crippen LogP) is 4.52. The van der Waals surface area contributed by atoms with Gasteiger partial charge >= 0.3 is 0 Å². The number of hydrogen-bond donors (Lipinski definition) is 3. The number of aromatic nitrogens is 5. The van der Waals surface area contributed by atoms with E-state index in [0.29, 0.717) is 23.0 Å². The number of pyridine rings is 1. The van der Waals surface area contributed by atoms with E-state index in [1.54, 1.807) is 13.2 Å². The molecular formula is C33H37N9O3. The molecule has 232 valence electrons. The molecule has 2 saturated carbocycles. The molecule has 1 aliphatic heterocycles. The second-order valence-corrected chi connectivity index (χ2v) is 12.1. The third-order valence-corrected chi connectivity index (χ3v) is 8.89. The van der Waals surface area contributed by atoms with Gasteiger partial charge in [0.15, 0.2) is 11.5 Å². The summed E-state index contributed by atoms with van der Waals surface area (Å²) in [7, 11) is 3.14. The van der Waals surface area contributed by atoms with E-state index in [0.717, 1.165) is 49.3 Å². The Kier molecular flexibility index (Phi) is 7.88. The second kappa shape index (κ2) is 12.3. The lowest BCUT2D eigenvalue weighted by atomic mass is 9.82. The smallest absolute Gasteiger partial charge is 0.273 e. The molecule has 0 atom stereocenters. The van der Waals surface area contributed by atoms with Crippen LogP contribution in [0.1, 0.15) is 65.9 Å². The highest BCUT2D eigenvalue weighted by atomic mass is 16.5. The van der Waals surface area contributed by atoms with Gasteiger partial charge in [-0.05, 0) is 43.9 Å². The van der Waals surface area contributed by atoms with Gasteiger partial charge in [-0.3, -0.25) is 24.2 Å². The van der Waals surface area contributed by atoms with Crippen LogP contribution in [0.15, 0.2) is 54.9 Å². The highest BCUT2D eigenvalue weighted by molar-refractivity contribution is 6.00. The summed E-state index contributed by atoms with van der Waals surface area (Å²) in [6, 6.07) is 14.1. The number of carbonyl (C=O) groups is 2. The van der Waals surface area contributed by atoms with Crippen molar-refractivity contribution < 1.29 is 14.3 Å². The van der Waals surface area contributed by atoms with E-state index in [9.17, 15) is 9.59 Å². The van der Waals surface area contributed by atoms with Gasteiger partial charge in [-0.2, -0.15) is 5.10 Å². The van der Waals surface area contributed by atoms with E-state index >= 15 is 0 Å². The van der Waals surface area contributed by atoms with Gasteiger partial charge in [0.25, 0.3) is 5.91 Å². The van der Waals surface area contributed by atoms with Crippen LogP contribution in [0.2, 0.25) is 0 Å². The van der Waals surface area contributed by atoms with Crippen molar-refractivity contribution in [2.75, 3.05) is 37.9 Å². The van der Waals surface area contributed by atoms with Crippen LogP contribution in [0.4, 0.5) is 17.2 Å². The fourth-order valence-corrected chi connectivity index (χ4v) is 5.90. The Morgan fingerprint density at radius 1 is 1.02 bits per heavy atom. The molecule has 3 N–H and O–H groups in total. The Labute approximate surface area is 261 Å². The topological polar surface area (TPSA) is 139 Å². The lowest BCUT2D eigenvalue weighted by Crippen LogP contribution is -2.47. The SMILES string of the molecule is CNC(=O)c1nnc(NC(=O)C2CC2)cc1Nc1cccc(-c2cnn(C3CN(Cc4cccc(C5CCC5)n4)C3)c2)c1OC. The number of methoxy groups -OCH3 is 1. The zero-order valence-corrected chi connectivity index (χ0v) is 25.5. The van der Waals surface area contributed by atoms with Gasteiger partial charge in [-0.15, -0.1) is 10.2 Å². The van der Waals surface area contributed by atoms with Crippen molar-refractivity contribution >= 4 is 29.0 Å². The number of para-hydroxylation sites is 1. The Bertz CT molecular complexity index is 1720. The number of ether oxygens (including phenoxy) is 1. The molecule has 3 fully saturated rings. The van der Waals surface area contributed by atoms with Crippen molar-refractivity contribution in [1.82, 2.24) is 35.2 Å². The highest BCUT2D eigenvalue weighted by Crippen LogP contribution is 2.39. The third-order valence-electron chi connectivity index (χ3n) is 8.89. The minimum Gasteiger partial charge on any atom is -0.494 e. The van der Waals surface area contributed by atoms with E-state index < -0.39 is 5.91 Å². The van der Waals surface area contributed by atoms with Crippen LogP contribution in [0.25, 0.3) is 11.1 Å².